The summed E-state index contributed by atoms with van der Waals surface area (Å²) in [6.45, 7) is 2.35. The Balaban J connectivity index is 4.32. The summed E-state index contributed by atoms with van der Waals surface area (Å²) in [4.78, 5) is 21.0. The molecule has 0 aliphatic rings. The normalized spacial score (nSPS) is 16.5. The Labute approximate surface area is 80.4 Å². The first-order valence-electron chi connectivity index (χ1n) is 3.82. The van der Waals surface area contributed by atoms with E-state index in [2.05, 4.69) is 11.3 Å². The molecule has 0 amide bonds. The van der Waals surface area contributed by atoms with Crippen LogP contribution in [0.4, 0.5) is 0 Å². The molecular weight excluding hydrogens is 192 g/mol. The SMILES string of the molecule is C=CC(=O)O[C@@H](C=O)[C@H](O)[C@H](O)CO. The zero-order valence-corrected chi connectivity index (χ0v) is 7.37. The molecule has 0 unspecified atom stereocenters. The number of ether oxygens (including phenoxy) is 1. The van der Waals surface area contributed by atoms with E-state index in [9.17, 15) is 9.59 Å². The summed E-state index contributed by atoms with van der Waals surface area (Å²) in [5.74, 6) is -0.897. The van der Waals surface area contributed by atoms with Crippen molar-refractivity contribution in [2.45, 2.75) is 18.3 Å². The summed E-state index contributed by atoms with van der Waals surface area (Å²) in [6, 6.07) is 0. The van der Waals surface area contributed by atoms with Gasteiger partial charge in [-0.1, -0.05) is 6.58 Å². The van der Waals surface area contributed by atoms with Crippen LogP contribution in [0.5, 0.6) is 0 Å². The topological polar surface area (TPSA) is 104 Å². The van der Waals surface area contributed by atoms with E-state index in [4.69, 9.17) is 15.3 Å². The van der Waals surface area contributed by atoms with E-state index in [-0.39, 0.29) is 6.29 Å². The van der Waals surface area contributed by atoms with E-state index in [0.717, 1.165) is 6.08 Å². The van der Waals surface area contributed by atoms with Gasteiger partial charge in [-0.2, -0.15) is 0 Å². The zero-order chi connectivity index (χ0) is 11.1. The second kappa shape index (κ2) is 6.25. The van der Waals surface area contributed by atoms with Gasteiger partial charge in [0.1, 0.15) is 12.2 Å². The maximum atomic E-state index is 10.6. The molecule has 0 aliphatic heterocycles. The van der Waals surface area contributed by atoms with Crippen LogP contribution in [-0.4, -0.2) is 52.5 Å². The van der Waals surface area contributed by atoms with Gasteiger partial charge in [-0.05, 0) is 0 Å². The van der Waals surface area contributed by atoms with Crippen LogP contribution in [0.3, 0.4) is 0 Å². The highest BCUT2D eigenvalue weighted by Gasteiger charge is 2.28. The van der Waals surface area contributed by atoms with Gasteiger partial charge in [0.2, 0.25) is 0 Å². The summed E-state index contributed by atoms with van der Waals surface area (Å²) in [7, 11) is 0. The molecule has 0 aromatic heterocycles. The van der Waals surface area contributed by atoms with Gasteiger partial charge >= 0.3 is 5.97 Å². The van der Waals surface area contributed by atoms with Crippen molar-refractivity contribution in [2.75, 3.05) is 6.61 Å². The lowest BCUT2D eigenvalue weighted by Crippen LogP contribution is -2.42. The van der Waals surface area contributed by atoms with Gasteiger partial charge in [0.05, 0.1) is 6.61 Å². The molecule has 0 saturated heterocycles. The van der Waals surface area contributed by atoms with Gasteiger partial charge < -0.3 is 20.1 Å². The number of aliphatic hydroxyl groups excluding tert-OH is 3. The van der Waals surface area contributed by atoms with Crippen molar-refractivity contribution in [3.63, 3.8) is 0 Å². The van der Waals surface area contributed by atoms with Crippen molar-refractivity contribution in [3.8, 4) is 0 Å². The number of rotatable bonds is 6. The third-order valence-corrected chi connectivity index (χ3v) is 1.47. The van der Waals surface area contributed by atoms with Crippen LogP contribution < -0.4 is 0 Å². The first-order chi connectivity index (χ1) is 6.56. The van der Waals surface area contributed by atoms with Crippen molar-refractivity contribution in [3.05, 3.63) is 12.7 Å². The van der Waals surface area contributed by atoms with Crippen molar-refractivity contribution in [1.29, 1.82) is 0 Å². The maximum absolute atomic E-state index is 10.6. The maximum Gasteiger partial charge on any atom is 0.330 e. The number of aldehydes is 1. The molecule has 6 nitrogen and oxygen atoms in total. The van der Waals surface area contributed by atoms with Gasteiger partial charge in [-0.3, -0.25) is 4.79 Å². The zero-order valence-electron chi connectivity index (χ0n) is 7.37. The molecule has 3 atom stereocenters. The van der Waals surface area contributed by atoms with Crippen LogP contribution in [0.2, 0.25) is 0 Å². The molecule has 3 N–H and O–H groups in total. The van der Waals surface area contributed by atoms with Gasteiger partial charge in [-0.15, -0.1) is 0 Å². The van der Waals surface area contributed by atoms with Crippen molar-refractivity contribution < 1.29 is 29.6 Å². The highest BCUT2D eigenvalue weighted by Crippen LogP contribution is 2.03. The van der Waals surface area contributed by atoms with Crippen LogP contribution in [0.25, 0.3) is 0 Å². The molecule has 0 aromatic carbocycles. The molecule has 0 aliphatic carbocycles. The van der Waals surface area contributed by atoms with Crippen molar-refractivity contribution in [2.24, 2.45) is 0 Å². The van der Waals surface area contributed by atoms with Gasteiger partial charge in [0, 0.05) is 6.08 Å². The number of carbonyl (C=O) groups is 2. The third kappa shape index (κ3) is 3.65. The first-order valence-corrected chi connectivity index (χ1v) is 3.82. The Morgan fingerprint density at radius 3 is 2.43 bits per heavy atom. The van der Waals surface area contributed by atoms with Crippen molar-refractivity contribution in [1.82, 2.24) is 0 Å². The second-order valence-corrected chi connectivity index (χ2v) is 2.48. The minimum absolute atomic E-state index is 0.158. The van der Waals surface area contributed by atoms with Crippen molar-refractivity contribution >= 4 is 12.3 Å². The summed E-state index contributed by atoms with van der Waals surface area (Å²) in [6.07, 6.45) is -3.73. The molecule has 6 heteroatoms. The number of carbonyl (C=O) groups excluding carboxylic acids is 2. The smallest absolute Gasteiger partial charge is 0.330 e. The Bertz CT molecular complexity index is 214. The van der Waals surface area contributed by atoms with Crippen LogP contribution >= 0.6 is 0 Å². The van der Waals surface area contributed by atoms with Crippen LogP contribution in [0.1, 0.15) is 0 Å². The monoisotopic (exact) mass is 204 g/mol. The summed E-state index contributed by atoms with van der Waals surface area (Å²) in [5.41, 5.74) is 0. The summed E-state index contributed by atoms with van der Waals surface area (Å²) < 4.78 is 4.39. The second-order valence-electron chi connectivity index (χ2n) is 2.48. The Morgan fingerprint density at radius 2 is 2.07 bits per heavy atom. The molecule has 0 spiro atoms. The highest BCUT2D eigenvalue weighted by atomic mass is 16.6. The predicted molar refractivity (Wildman–Crippen MR) is 45.2 cm³/mol. The Kier molecular flexibility index (Phi) is 5.70. The number of esters is 1. The molecule has 0 radical (unpaired) electrons. The average Bonchev–Trinajstić information content (AvgIpc) is 2.23. The molecule has 0 heterocycles. The fourth-order valence-electron chi connectivity index (χ4n) is 0.687. The molecule has 0 saturated carbocycles. The van der Waals surface area contributed by atoms with E-state index >= 15 is 0 Å². The van der Waals surface area contributed by atoms with Crippen LogP contribution in [0, 0.1) is 0 Å². The lowest BCUT2D eigenvalue weighted by molar-refractivity contribution is -0.159. The van der Waals surface area contributed by atoms with Crippen LogP contribution in [0.15, 0.2) is 12.7 Å². The minimum Gasteiger partial charge on any atom is -0.449 e. The fourth-order valence-corrected chi connectivity index (χ4v) is 0.687. The molecular formula is C8H12O6. The van der Waals surface area contributed by atoms with E-state index < -0.39 is 30.9 Å². The number of aliphatic hydroxyl groups is 3. The molecule has 14 heavy (non-hydrogen) atoms. The van der Waals surface area contributed by atoms with E-state index in [1.165, 1.54) is 0 Å². The van der Waals surface area contributed by atoms with E-state index in [0.29, 0.717) is 0 Å². The Hall–Kier alpha value is -1.24. The lowest BCUT2D eigenvalue weighted by Gasteiger charge is -2.20. The summed E-state index contributed by atoms with van der Waals surface area (Å²) in [5, 5.41) is 26.6. The third-order valence-electron chi connectivity index (χ3n) is 1.47. The molecule has 0 aromatic rings. The van der Waals surface area contributed by atoms with E-state index in [1.807, 2.05) is 0 Å². The molecule has 0 fully saturated rings. The largest absolute Gasteiger partial charge is 0.449 e. The average molecular weight is 204 g/mol. The van der Waals surface area contributed by atoms with Gasteiger partial charge in [0.25, 0.3) is 0 Å². The number of hydrogen-bond acceptors (Lipinski definition) is 6. The molecule has 0 rings (SSSR count). The van der Waals surface area contributed by atoms with Crippen LogP contribution in [-0.2, 0) is 14.3 Å². The van der Waals surface area contributed by atoms with Gasteiger partial charge in [-0.25, -0.2) is 4.79 Å². The Morgan fingerprint density at radius 1 is 1.50 bits per heavy atom. The number of hydrogen-bond donors (Lipinski definition) is 3. The quantitative estimate of drug-likeness (QED) is 0.262. The standard InChI is InChI=1S/C8H12O6/c1-2-7(12)14-6(4-10)8(13)5(11)3-9/h2,4-6,8-9,11,13H,1,3H2/t5-,6+,8-/m1/s1. The molecule has 0 bridgehead atoms. The lowest BCUT2D eigenvalue weighted by atomic mass is 10.1. The predicted octanol–water partition coefficient (Wildman–Crippen LogP) is -2.00. The fraction of sp³-hybridized carbons (Fsp3) is 0.500. The summed E-state index contributed by atoms with van der Waals surface area (Å²) >= 11 is 0. The van der Waals surface area contributed by atoms with Gasteiger partial charge in [0.15, 0.2) is 12.4 Å². The molecule has 80 valence electrons. The van der Waals surface area contributed by atoms with E-state index in [1.54, 1.807) is 0 Å². The highest BCUT2D eigenvalue weighted by molar-refractivity contribution is 5.82. The first kappa shape index (κ1) is 12.8. The minimum atomic E-state index is -1.65.